The first-order valence-electron chi connectivity index (χ1n) is 5.87. The molecule has 0 aliphatic carbocycles. The quantitative estimate of drug-likeness (QED) is 0.918. The molecule has 0 radical (unpaired) electrons. The molecule has 2 heterocycles. The van der Waals surface area contributed by atoms with Gasteiger partial charge in [-0.05, 0) is 13.8 Å². The van der Waals surface area contributed by atoms with E-state index < -0.39 is 0 Å². The number of hydrogen-bond acceptors (Lipinski definition) is 3. The van der Waals surface area contributed by atoms with Gasteiger partial charge in [0.1, 0.15) is 0 Å². The van der Waals surface area contributed by atoms with Crippen molar-refractivity contribution in [3.8, 4) is 0 Å². The van der Waals surface area contributed by atoms with Crippen molar-refractivity contribution in [1.82, 2.24) is 24.9 Å². The molecule has 0 amide bonds. The van der Waals surface area contributed by atoms with E-state index in [-0.39, 0.29) is 0 Å². The summed E-state index contributed by atoms with van der Waals surface area (Å²) in [5.74, 6) is 0. The van der Waals surface area contributed by atoms with Crippen LogP contribution < -0.4 is 5.32 Å². The van der Waals surface area contributed by atoms with Gasteiger partial charge in [0.05, 0.1) is 22.1 Å². The average Bonchev–Trinajstić information content (AvgIpc) is 2.73. The number of rotatable bonds is 4. The molecule has 18 heavy (non-hydrogen) atoms. The van der Waals surface area contributed by atoms with Crippen LogP contribution in [0.1, 0.15) is 22.6 Å². The Kier molecular flexibility index (Phi) is 3.73. The summed E-state index contributed by atoms with van der Waals surface area (Å²) < 4.78 is 3.65. The molecular weight excluding hydrogens is 250 g/mol. The zero-order valence-electron chi connectivity index (χ0n) is 11.2. The van der Waals surface area contributed by atoms with Crippen molar-refractivity contribution in [2.45, 2.75) is 26.9 Å². The van der Waals surface area contributed by atoms with Crippen LogP contribution in [0, 0.1) is 13.8 Å². The number of hydrogen-bond donors (Lipinski definition) is 1. The summed E-state index contributed by atoms with van der Waals surface area (Å²) in [7, 11) is 3.84. The van der Waals surface area contributed by atoms with Gasteiger partial charge >= 0.3 is 0 Å². The van der Waals surface area contributed by atoms with Crippen LogP contribution in [0.2, 0.25) is 5.02 Å². The van der Waals surface area contributed by atoms with Gasteiger partial charge < -0.3 is 5.32 Å². The molecule has 0 aliphatic heterocycles. The van der Waals surface area contributed by atoms with E-state index in [0.29, 0.717) is 6.54 Å². The summed E-state index contributed by atoms with van der Waals surface area (Å²) in [6.07, 6.45) is 2.03. The maximum Gasteiger partial charge on any atom is 0.0860 e. The van der Waals surface area contributed by atoms with Crippen molar-refractivity contribution in [2.24, 2.45) is 14.1 Å². The average molecular weight is 268 g/mol. The fourth-order valence-corrected chi connectivity index (χ4v) is 2.24. The van der Waals surface area contributed by atoms with E-state index in [1.54, 1.807) is 0 Å². The second kappa shape index (κ2) is 5.12. The van der Waals surface area contributed by atoms with Gasteiger partial charge in [-0.1, -0.05) is 11.6 Å². The second-order valence-corrected chi connectivity index (χ2v) is 4.86. The summed E-state index contributed by atoms with van der Waals surface area (Å²) in [4.78, 5) is 0. The third-order valence-electron chi connectivity index (χ3n) is 2.98. The highest BCUT2D eigenvalue weighted by atomic mass is 35.5. The lowest BCUT2D eigenvalue weighted by atomic mass is 10.2. The van der Waals surface area contributed by atoms with Crippen molar-refractivity contribution in [3.63, 3.8) is 0 Å². The normalized spacial score (nSPS) is 11.2. The molecule has 0 aromatic carbocycles. The minimum atomic E-state index is 0.699. The monoisotopic (exact) mass is 267 g/mol. The molecule has 0 bridgehead atoms. The van der Waals surface area contributed by atoms with Gasteiger partial charge in [0.25, 0.3) is 0 Å². The minimum absolute atomic E-state index is 0.699. The van der Waals surface area contributed by atoms with Gasteiger partial charge in [0.15, 0.2) is 0 Å². The predicted octanol–water partition coefficient (Wildman–Crippen LogP) is 1.71. The van der Waals surface area contributed by atoms with Gasteiger partial charge in [-0.2, -0.15) is 10.2 Å². The largest absolute Gasteiger partial charge is 0.307 e. The van der Waals surface area contributed by atoms with Crippen molar-refractivity contribution in [1.29, 1.82) is 0 Å². The molecule has 1 N–H and O–H groups in total. The molecule has 0 fully saturated rings. The zero-order valence-corrected chi connectivity index (χ0v) is 11.9. The highest BCUT2D eigenvalue weighted by Gasteiger charge is 2.10. The SMILES string of the molecule is Cc1nn(C)cc1CNCc1c(Cl)c(C)nn1C. The van der Waals surface area contributed by atoms with Crippen LogP contribution in [0.5, 0.6) is 0 Å². The number of halogens is 1. The Balaban J connectivity index is 1.98. The molecule has 0 unspecified atom stereocenters. The summed E-state index contributed by atoms with van der Waals surface area (Å²) in [6.45, 7) is 5.40. The maximum atomic E-state index is 6.19. The standard InChI is InChI=1S/C12H18ClN5/c1-8-10(7-17(3)15-8)5-14-6-11-12(13)9(2)16-18(11)4/h7,14H,5-6H2,1-4H3. The lowest BCUT2D eigenvalue weighted by Crippen LogP contribution is -2.15. The molecule has 0 aliphatic rings. The highest BCUT2D eigenvalue weighted by Crippen LogP contribution is 2.19. The molecule has 98 valence electrons. The predicted molar refractivity (Wildman–Crippen MR) is 71.4 cm³/mol. The smallest absolute Gasteiger partial charge is 0.0860 e. The van der Waals surface area contributed by atoms with Crippen molar-refractivity contribution in [3.05, 3.63) is 33.9 Å². The highest BCUT2D eigenvalue weighted by molar-refractivity contribution is 6.31. The topological polar surface area (TPSA) is 47.7 Å². The second-order valence-electron chi connectivity index (χ2n) is 4.49. The molecule has 0 saturated carbocycles. The third-order valence-corrected chi connectivity index (χ3v) is 3.48. The summed E-state index contributed by atoms with van der Waals surface area (Å²) in [5.41, 5.74) is 4.13. The van der Waals surface area contributed by atoms with Crippen LogP contribution >= 0.6 is 11.6 Å². The summed E-state index contributed by atoms with van der Waals surface area (Å²) >= 11 is 6.19. The van der Waals surface area contributed by atoms with Crippen LogP contribution in [0.4, 0.5) is 0 Å². The lowest BCUT2D eigenvalue weighted by molar-refractivity contribution is 0.623. The molecular formula is C12H18ClN5. The fourth-order valence-electron chi connectivity index (χ4n) is 2.01. The Labute approximate surface area is 112 Å². The number of aryl methyl sites for hydroxylation is 4. The molecule has 2 rings (SSSR count). The number of nitrogens with zero attached hydrogens (tertiary/aromatic N) is 4. The Bertz CT molecular complexity index is 555. The molecule has 2 aromatic rings. The van der Waals surface area contributed by atoms with E-state index in [1.807, 2.05) is 43.5 Å². The molecule has 0 saturated heterocycles. The first-order chi connectivity index (χ1) is 8.49. The van der Waals surface area contributed by atoms with E-state index in [9.17, 15) is 0 Å². The van der Waals surface area contributed by atoms with E-state index in [0.717, 1.165) is 28.6 Å². The van der Waals surface area contributed by atoms with Crippen LogP contribution in [-0.2, 0) is 27.2 Å². The first kappa shape index (κ1) is 13.1. The Morgan fingerprint density at radius 2 is 1.89 bits per heavy atom. The molecule has 6 heteroatoms. The van der Waals surface area contributed by atoms with Gasteiger partial charge in [0, 0.05) is 38.9 Å². The summed E-state index contributed by atoms with van der Waals surface area (Å²) in [6, 6.07) is 0. The third kappa shape index (κ3) is 2.57. The molecule has 0 spiro atoms. The molecule has 0 atom stereocenters. The maximum absolute atomic E-state index is 6.19. The van der Waals surface area contributed by atoms with E-state index in [4.69, 9.17) is 11.6 Å². The van der Waals surface area contributed by atoms with Crippen molar-refractivity contribution in [2.75, 3.05) is 0 Å². The lowest BCUT2D eigenvalue weighted by Gasteiger charge is -2.05. The van der Waals surface area contributed by atoms with E-state index >= 15 is 0 Å². The zero-order chi connectivity index (χ0) is 13.3. The van der Waals surface area contributed by atoms with Gasteiger partial charge in [-0.15, -0.1) is 0 Å². The van der Waals surface area contributed by atoms with Gasteiger partial charge in [0.2, 0.25) is 0 Å². The van der Waals surface area contributed by atoms with Crippen molar-refractivity contribution < 1.29 is 0 Å². The Morgan fingerprint density at radius 1 is 1.17 bits per heavy atom. The van der Waals surface area contributed by atoms with Crippen LogP contribution in [0.15, 0.2) is 6.20 Å². The minimum Gasteiger partial charge on any atom is -0.307 e. The van der Waals surface area contributed by atoms with Crippen LogP contribution in [-0.4, -0.2) is 19.6 Å². The number of aromatic nitrogens is 4. The molecule has 2 aromatic heterocycles. The first-order valence-corrected chi connectivity index (χ1v) is 6.24. The number of nitrogens with one attached hydrogen (secondary N) is 1. The Hall–Kier alpha value is -1.33. The summed E-state index contributed by atoms with van der Waals surface area (Å²) in [5, 5.41) is 12.7. The van der Waals surface area contributed by atoms with E-state index in [1.165, 1.54) is 5.56 Å². The van der Waals surface area contributed by atoms with Crippen molar-refractivity contribution >= 4 is 11.6 Å². The van der Waals surface area contributed by atoms with Crippen LogP contribution in [0.25, 0.3) is 0 Å². The van der Waals surface area contributed by atoms with Crippen LogP contribution in [0.3, 0.4) is 0 Å². The Morgan fingerprint density at radius 3 is 2.39 bits per heavy atom. The van der Waals surface area contributed by atoms with Gasteiger partial charge in [-0.3, -0.25) is 9.36 Å². The van der Waals surface area contributed by atoms with E-state index in [2.05, 4.69) is 15.5 Å². The fraction of sp³-hybridized carbons (Fsp3) is 0.500. The van der Waals surface area contributed by atoms with Gasteiger partial charge in [-0.25, -0.2) is 0 Å². The molecule has 5 nitrogen and oxygen atoms in total.